The number of alkyl halides is 3. The summed E-state index contributed by atoms with van der Waals surface area (Å²) >= 11 is 0. The van der Waals surface area contributed by atoms with E-state index in [1.54, 1.807) is 25.1 Å². The summed E-state index contributed by atoms with van der Waals surface area (Å²) in [7, 11) is 0. The minimum atomic E-state index is -4.34. The highest BCUT2D eigenvalue weighted by atomic mass is 19.4. The van der Waals surface area contributed by atoms with E-state index in [1.165, 1.54) is 0 Å². The van der Waals surface area contributed by atoms with Crippen LogP contribution in [0.15, 0.2) is 84.0 Å². The summed E-state index contributed by atoms with van der Waals surface area (Å²) in [6, 6.07) is 13.4. The number of fused-ring (bicyclic) bond motifs is 1. The Bertz CT molecular complexity index is 1370. The maximum absolute atomic E-state index is 13.0. The van der Waals surface area contributed by atoms with Crippen LogP contribution in [0.25, 0.3) is 5.57 Å². The van der Waals surface area contributed by atoms with Crippen molar-refractivity contribution in [3.63, 3.8) is 0 Å². The Morgan fingerprint density at radius 2 is 1.82 bits per heavy atom. The number of benzene rings is 2. The highest BCUT2D eigenvalue weighted by Crippen LogP contribution is 2.33. The largest absolute Gasteiger partial charge is 0.412 e. The van der Waals surface area contributed by atoms with Gasteiger partial charge in [-0.3, -0.25) is 9.59 Å². The fourth-order valence-electron chi connectivity index (χ4n) is 5.03. The summed E-state index contributed by atoms with van der Waals surface area (Å²) in [5.74, 6) is -0.821. The van der Waals surface area contributed by atoms with Crippen molar-refractivity contribution < 1.29 is 22.8 Å². The van der Waals surface area contributed by atoms with E-state index in [9.17, 15) is 22.8 Å². The van der Waals surface area contributed by atoms with Gasteiger partial charge in [0.15, 0.2) is 0 Å². The van der Waals surface area contributed by atoms with E-state index in [0.717, 1.165) is 47.8 Å². The molecule has 0 atom stereocenters. The van der Waals surface area contributed by atoms with Crippen LogP contribution in [0, 0.1) is 0 Å². The Labute approximate surface area is 226 Å². The molecular formula is C31H32F3N3O2. The molecule has 39 heavy (non-hydrogen) atoms. The summed E-state index contributed by atoms with van der Waals surface area (Å²) in [6.07, 6.45) is 2.24. The third kappa shape index (κ3) is 6.69. The minimum Gasteiger partial charge on any atom is -0.367 e. The first-order valence-corrected chi connectivity index (χ1v) is 12.9. The van der Waals surface area contributed by atoms with Crippen molar-refractivity contribution >= 4 is 23.1 Å². The van der Waals surface area contributed by atoms with Crippen molar-refractivity contribution in [2.75, 3.05) is 18.0 Å². The maximum Gasteiger partial charge on any atom is 0.412 e. The molecule has 2 aliphatic rings. The van der Waals surface area contributed by atoms with Crippen LogP contribution in [0.2, 0.25) is 0 Å². The Balaban J connectivity index is 1.41. The topological polar surface area (TPSA) is 75.4 Å². The Kier molecular flexibility index (Phi) is 8.43. The van der Waals surface area contributed by atoms with Crippen molar-refractivity contribution in [2.45, 2.75) is 45.3 Å². The third-order valence-corrected chi connectivity index (χ3v) is 7.11. The zero-order valence-electron chi connectivity index (χ0n) is 21.9. The number of primary amides is 1. The van der Waals surface area contributed by atoms with Crippen LogP contribution in [0.4, 0.5) is 18.9 Å². The molecule has 204 valence electrons. The molecule has 1 aliphatic carbocycles. The van der Waals surface area contributed by atoms with Crippen LogP contribution in [-0.4, -0.2) is 31.1 Å². The van der Waals surface area contributed by atoms with Crippen LogP contribution in [0.5, 0.6) is 0 Å². The SMILES string of the molecule is C=C(/C(=C\C)C(N)=O)c1ccc(CN2CCCc3cc(C(=O)NCC4=CCCC(C(F)(F)F)=C4)ccc32)cc1. The van der Waals surface area contributed by atoms with Crippen molar-refractivity contribution in [2.24, 2.45) is 5.73 Å². The van der Waals surface area contributed by atoms with E-state index in [-0.39, 0.29) is 18.9 Å². The molecule has 0 radical (unpaired) electrons. The highest BCUT2D eigenvalue weighted by molar-refractivity contribution is 6.07. The van der Waals surface area contributed by atoms with Gasteiger partial charge in [-0.25, -0.2) is 0 Å². The number of hydrogen-bond acceptors (Lipinski definition) is 3. The molecule has 4 rings (SSSR count). The number of anilines is 1. The molecule has 8 heteroatoms. The molecular weight excluding hydrogens is 503 g/mol. The molecule has 0 saturated heterocycles. The second kappa shape index (κ2) is 11.8. The maximum atomic E-state index is 13.0. The van der Waals surface area contributed by atoms with Crippen molar-refractivity contribution in [1.82, 2.24) is 5.32 Å². The number of hydrogen-bond donors (Lipinski definition) is 2. The Hall–Kier alpha value is -4.07. The van der Waals surface area contributed by atoms with Crippen LogP contribution in [-0.2, 0) is 17.8 Å². The standard InChI is InChI=1S/C31H32F3N3O2/c1-3-27(29(35)38)20(2)23-11-9-21(10-12-23)19-37-15-5-7-24-17-25(13-14-28(24)37)30(39)36-18-22-6-4-8-26(16-22)31(32,33)34/h3,6,9-14,16-17H,2,4-5,7-8,15,18-19H2,1H3,(H2,35,38)(H,36,39)/b27-3+. The number of aryl methyl sites for hydroxylation is 1. The van der Waals surface area contributed by atoms with Crippen LogP contribution in [0.3, 0.4) is 0 Å². The van der Waals surface area contributed by atoms with Crippen molar-refractivity contribution in [1.29, 1.82) is 0 Å². The first-order chi connectivity index (χ1) is 18.6. The van der Waals surface area contributed by atoms with E-state index >= 15 is 0 Å². The lowest BCUT2D eigenvalue weighted by atomic mass is 9.96. The molecule has 1 aliphatic heterocycles. The van der Waals surface area contributed by atoms with Gasteiger partial charge in [0.2, 0.25) is 5.91 Å². The predicted molar refractivity (Wildman–Crippen MR) is 148 cm³/mol. The molecule has 2 aromatic carbocycles. The zero-order valence-corrected chi connectivity index (χ0v) is 21.9. The number of halogens is 3. The summed E-state index contributed by atoms with van der Waals surface area (Å²) in [6.45, 7) is 7.36. The first-order valence-electron chi connectivity index (χ1n) is 12.9. The lowest BCUT2D eigenvalue weighted by Gasteiger charge is -2.32. The lowest BCUT2D eigenvalue weighted by Crippen LogP contribution is -2.30. The van der Waals surface area contributed by atoms with Gasteiger partial charge in [-0.2, -0.15) is 13.2 Å². The lowest BCUT2D eigenvalue weighted by molar-refractivity contribution is -0.114. The first kappa shape index (κ1) is 28.0. The third-order valence-electron chi connectivity index (χ3n) is 7.11. The minimum absolute atomic E-state index is 0.0336. The monoisotopic (exact) mass is 535 g/mol. The van der Waals surface area contributed by atoms with Gasteiger partial charge >= 0.3 is 6.18 Å². The van der Waals surface area contributed by atoms with E-state index in [1.807, 2.05) is 36.4 Å². The second-order valence-electron chi connectivity index (χ2n) is 9.78. The predicted octanol–water partition coefficient (Wildman–Crippen LogP) is 6.02. The quantitative estimate of drug-likeness (QED) is 0.321. The molecule has 0 saturated carbocycles. The van der Waals surface area contributed by atoms with Gasteiger partial charge < -0.3 is 16.0 Å². The van der Waals surface area contributed by atoms with Crippen LogP contribution < -0.4 is 16.0 Å². The molecule has 5 nitrogen and oxygen atoms in total. The second-order valence-corrected chi connectivity index (χ2v) is 9.78. The number of carbonyl (C=O) groups excluding carboxylic acids is 2. The summed E-state index contributed by atoms with van der Waals surface area (Å²) in [4.78, 5) is 26.7. The number of carbonyl (C=O) groups is 2. The number of allylic oxidation sites excluding steroid dienone is 3. The van der Waals surface area contributed by atoms with Crippen LogP contribution >= 0.6 is 0 Å². The van der Waals surface area contributed by atoms with Gasteiger partial charge in [-0.05, 0) is 84.7 Å². The smallest absolute Gasteiger partial charge is 0.367 e. The Morgan fingerprint density at radius 3 is 2.49 bits per heavy atom. The molecule has 0 spiro atoms. The molecule has 0 aromatic heterocycles. The Morgan fingerprint density at radius 1 is 1.10 bits per heavy atom. The molecule has 1 heterocycles. The van der Waals surface area contributed by atoms with Gasteiger partial charge in [0.1, 0.15) is 0 Å². The van der Waals surface area contributed by atoms with Gasteiger partial charge in [0.25, 0.3) is 5.91 Å². The zero-order chi connectivity index (χ0) is 28.2. The summed E-state index contributed by atoms with van der Waals surface area (Å²) in [5, 5.41) is 2.76. The molecule has 3 N–H and O–H groups in total. The fraction of sp³-hybridized carbons (Fsp3) is 0.290. The normalized spacial score (nSPS) is 15.7. The summed E-state index contributed by atoms with van der Waals surface area (Å²) in [5.41, 5.74) is 10.9. The molecule has 2 aromatic rings. The molecule has 0 fully saturated rings. The fourth-order valence-corrected chi connectivity index (χ4v) is 5.03. The van der Waals surface area contributed by atoms with E-state index in [2.05, 4.69) is 16.8 Å². The highest BCUT2D eigenvalue weighted by Gasteiger charge is 2.33. The number of nitrogens with one attached hydrogen (secondary N) is 1. The number of nitrogens with two attached hydrogens (primary N) is 1. The number of nitrogens with zero attached hydrogens (tertiary/aromatic N) is 1. The van der Waals surface area contributed by atoms with Crippen LogP contribution in [0.1, 0.15) is 53.2 Å². The van der Waals surface area contributed by atoms with E-state index < -0.39 is 17.7 Å². The van der Waals surface area contributed by atoms with Crippen molar-refractivity contribution in [3.05, 3.63) is 106 Å². The van der Waals surface area contributed by atoms with Gasteiger partial charge in [-0.15, -0.1) is 0 Å². The van der Waals surface area contributed by atoms with E-state index in [4.69, 9.17) is 5.73 Å². The van der Waals surface area contributed by atoms with Gasteiger partial charge in [-0.1, -0.05) is 43.0 Å². The van der Waals surface area contributed by atoms with Gasteiger partial charge in [0.05, 0.1) is 0 Å². The molecule has 2 amide bonds. The molecule has 0 unspecified atom stereocenters. The number of amides is 2. The summed E-state index contributed by atoms with van der Waals surface area (Å²) < 4.78 is 39.1. The van der Waals surface area contributed by atoms with Crippen molar-refractivity contribution in [3.8, 4) is 0 Å². The average Bonchev–Trinajstić information content (AvgIpc) is 2.92. The number of rotatable bonds is 8. The van der Waals surface area contributed by atoms with Gasteiger partial charge in [0, 0.05) is 42.0 Å². The average molecular weight is 536 g/mol. The van der Waals surface area contributed by atoms with E-state index in [0.29, 0.717) is 35.2 Å². The molecule has 0 bridgehead atoms.